The fraction of sp³-hybridized carbons (Fsp3) is 0.650. The summed E-state index contributed by atoms with van der Waals surface area (Å²) in [5.41, 5.74) is 1.23. The van der Waals surface area contributed by atoms with Gasteiger partial charge in [-0.05, 0) is 50.9 Å². The number of ether oxygens (including phenoxy) is 2. The van der Waals surface area contributed by atoms with Gasteiger partial charge in [0.05, 0.1) is 6.54 Å². The number of fused-ring (bicyclic) bond motifs is 1. The van der Waals surface area contributed by atoms with E-state index >= 15 is 0 Å². The first-order valence-corrected chi connectivity index (χ1v) is 9.87. The fourth-order valence-electron chi connectivity index (χ4n) is 3.61. The van der Waals surface area contributed by atoms with Crippen LogP contribution in [0.5, 0.6) is 11.5 Å². The lowest BCUT2D eigenvalue weighted by Crippen LogP contribution is -2.39. The summed E-state index contributed by atoms with van der Waals surface area (Å²) in [4.78, 5) is 7.19. The third-order valence-electron chi connectivity index (χ3n) is 5.16. The monoisotopic (exact) mass is 488 g/mol. The van der Waals surface area contributed by atoms with Crippen LogP contribution >= 0.6 is 24.0 Å². The molecule has 0 aromatic heterocycles. The van der Waals surface area contributed by atoms with Crippen LogP contribution in [0.15, 0.2) is 23.2 Å². The molecule has 7 heteroatoms. The van der Waals surface area contributed by atoms with E-state index in [1.165, 1.54) is 31.2 Å². The normalized spacial score (nSPS) is 16.5. The molecule has 0 atom stereocenters. The smallest absolute Gasteiger partial charge is 0.231 e. The zero-order chi connectivity index (χ0) is 18.2. The molecule has 0 amide bonds. The highest BCUT2D eigenvalue weighted by atomic mass is 127. The number of hydrogen-bond donors (Lipinski definition) is 2. The van der Waals surface area contributed by atoms with Crippen molar-refractivity contribution in [3.8, 4) is 11.5 Å². The number of aliphatic imine (C=N–C) groups is 1. The quantitative estimate of drug-likeness (QED) is 0.335. The van der Waals surface area contributed by atoms with Gasteiger partial charge in [-0.2, -0.15) is 0 Å². The lowest BCUT2D eigenvalue weighted by Gasteiger charge is -2.23. The van der Waals surface area contributed by atoms with Gasteiger partial charge >= 0.3 is 0 Å². The number of nitrogens with one attached hydrogen (secondary N) is 2. The number of nitrogens with zero attached hydrogens (tertiary/aromatic N) is 2. The Hall–Kier alpha value is -1.22. The maximum atomic E-state index is 5.44. The molecule has 2 aliphatic rings. The molecule has 27 heavy (non-hydrogen) atoms. The first kappa shape index (κ1) is 22.1. The Morgan fingerprint density at radius 1 is 1.19 bits per heavy atom. The Kier molecular flexibility index (Phi) is 9.47. The van der Waals surface area contributed by atoms with Crippen LogP contribution in [0.25, 0.3) is 0 Å². The van der Waals surface area contributed by atoms with Gasteiger partial charge in [0.1, 0.15) is 0 Å². The molecule has 1 saturated carbocycles. The van der Waals surface area contributed by atoms with Gasteiger partial charge < -0.3 is 25.0 Å². The molecule has 1 heterocycles. The molecule has 3 rings (SSSR count). The third kappa shape index (κ3) is 6.71. The van der Waals surface area contributed by atoms with E-state index in [0.717, 1.165) is 56.1 Å². The second kappa shape index (κ2) is 11.6. The van der Waals surface area contributed by atoms with Crippen LogP contribution in [0.1, 0.15) is 38.2 Å². The third-order valence-corrected chi connectivity index (χ3v) is 5.16. The summed E-state index contributed by atoms with van der Waals surface area (Å²) in [7, 11) is 2.23. The van der Waals surface area contributed by atoms with Gasteiger partial charge in [0.15, 0.2) is 17.5 Å². The summed E-state index contributed by atoms with van der Waals surface area (Å²) < 4.78 is 10.8. The average Bonchev–Trinajstić information content (AvgIpc) is 3.33. The van der Waals surface area contributed by atoms with E-state index in [9.17, 15) is 0 Å². The molecular formula is C20H33IN4O2. The van der Waals surface area contributed by atoms with E-state index in [0.29, 0.717) is 6.79 Å². The van der Waals surface area contributed by atoms with E-state index in [4.69, 9.17) is 14.5 Å². The van der Waals surface area contributed by atoms with Gasteiger partial charge in [-0.3, -0.25) is 4.99 Å². The maximum Gasteiger partial charge on any atom is 0.231 e. The minimum atomic E-state index is 0. The second-order valence-electron chi connectivity index (χ2n) is 7.04. The number of rotatable bonds is 8. The molecule has 6 nitrogen and oxygen atoms in total. The second-order valence-corrected chi connectivity index (χ2v) is 7.04. The molecule has 0 spiro atoms. The van der Waals surface area contributed by atoms with Crippen LogP contribution in [0.3, 0.4) is 0 Å². The molecular weight excluding hydrogens is 455 g/mol. The molecule has 1 aliphatic heterocycles. The van der Waals surface area contributed by atoms with Crippen LogP contribution < -0.4 is 20.1 Å². The summed E-state index contributed by atoms with van der Waals surface area (Å²) in [6.07, 6.45) is 6.36. The Bertz CT molecular complexity index is 606. The Morgan fingerprint density at radius 2 is 1.96 bits per heavy atom. The average molecular weight is 488 g/mol. The zero-order valence-electron chi connectivity index (χ0n) is 16.5. The van der Waals surface area contributed by atoms with E-state index in [-0.39, 0.29) is 24.0 Å². The topological polar surface area (TPSA) is 58.1 Å². The standard InChI is InChI=1S/C20H32N4O2.HI/c1-3-21-20(23-12-13-24(2)17-6-4-5-7-17)22-11-10-16-8-9-18-19(14-16)26-15-25-18;/h8-9,14,17H,3-7,10-13,15H2,1-2H3,(H2,21,22,23);1H. The van der Waals surface area contributed by atoms with Crippen molar-refractivity contribution in [2.45, 2.75) is 45.1 Å². The lowest BCUT2D eigenvalue weighted by molar-refractivity contribution is 0.174. The Balaban J connectivity index is 0.00000261. The van der Waals surface area contributed by atoms with Crippen LogP contribution in [-0.4, -0.2) is 56.9 Å². The highest BCUT2D eigenvalue weighted by molar-refractivity contribution is 14.0. The van der Waals surface area contributed by atoms with Crippen molar-refractivity contribution in [2.75, 3.05) is 40.0 Å². The molecule has 1 aromatic rings. The molecule has 1 aliphatic carbocycles. The predicted molar refractivity (Wildman–Crippen MR) is 121 cm³/mol. The SMILES string of the molecule is CCNC(=NCCN(C)C1CCCC1)NCCc1ccc2c(c1)OCO2.I. The summed E-state index contributed by atoms with van der Waals surface area (Å²) in [5.74, 6) is 2.58. The van der Waals surface area contributed by atoms with Gasteiger partial charge in [-0.1, -0.05) is 18.9 Å². The minimum Gasteiger partial charge on any atom is -0.454 e. The highest BCUT2D eigenvalue weighted by Gasteiger charge is 2.18. The van der Waals surface area contributed by atoms with Gasteiger partial charge in [0.25, 0.3) is 0 Å². The first-order valence-electron chi connectivity index (χ1n) is 9.87. The van der Waals surface area contributed by atoms with Crippen LogP contribution in [0.2, 0.25) is 0 Å². The number of guanidine groups is 1. The Morgan fingerprint density at radius 3 is 2.74 bits per heavy atom. The number of likely N-dealkylation sites (N-methyl/N-ethyl adjacent to an activating group) is 1. The molecule has 2 N–H and O–H groups in total. The Labute approximate surface area is 180 Å². The largest absolute Gasteiger partial charge is 0.454 e. The maximum absolute atomic E-state index is 5.44. The van der Waals surface area contributed by atoms with Crippen molar-refractivity contribution >= 4 is 29.9 Å². The van der Waals surface area contributed by atoms with Gasteiger partial charge in [0.2, 0.25) is 6.79 Å². The molecule has 152 valence electrons. The van der Waals surface area contributed by atoms with Crippen LogP contribution in [-0.2, 0) is 6.42 Å². The minimum absolute atomic E-state index is 0. The first-order chi connectivity index (χ1) is 12.8. The van der Waals surface area contributed by atoms with Crippen molar-refractivity contribution in [3.05, 3.63) is 23.8 Å². The molecule has 1 aromatic carbocycles. The molecule has 1 fully saturated rings. The van der Waals surface area contributed by atoms with E-state index < -0.39 is 0 Å². The number of hydrogen-bond acceptors (Lipinski definition) is 4. The van der Waals surface area contributed by atoms with E-state index in [1.54, 1.807) is 0 Å². The van der Waals surface area contributed by atoms with Crippen molar-refractivity contribution in [1.29, 1.82) is 0 Å². The number of halogens is 1. The summed E-state index contributed by atoms with van der Waals surface area (Å²) in [5, 5.41) is 6.76. The fourth-order valence-corrected chi connectivity index (χ4v) is 3.61. The van der Waals surface area contributed by atoms with Crippen LogP contribution in [0, 0.1) is 0 Å². The van der Waals surface area contributed by atoms with E-state index in [1.807, 2.05) is 6.07 Å². The van der Waals surface area contributed by atoms with Gasteiger partial charge in [0, 0.05) is 25.7 Å². The molecule has 0 saturated heterocycles. The van der Waals surface area contributed by atoms with E-state index in [2.05, 4.69) is 41.6 Å². The molecule has 0 bridgehead atoms. The van der Waals surface area contributed by atoms with Crippen molar-refractivity contribution in [3.63, 3.8) is 0 Å². The molecule has 0 radical (unpaired) electrons. The number of benzene rings is 1. The highest BCUT2D eigenvalue weighted by Crippen LogP contribution is 2.32. The van der Waals surface area contributed by atoms with Gasteiger partial charge in [-0.15, -0.1) is 24.0 Å². The van der Waals surface area contributed by atoms with Crippen LogP contribution in [0.4, 0.5) is 0 Å². The summed E-state index contributed by atoms with van der Waals surface area (Å²) >= 11 is 0. The summed E-state index contributed by atoms with van der Waals surface area (Å²) in [6.45, 7) is 5.97. The van der Waals surface area contributed by atoms with Crippen molar-refractivity contribution in [2.24, 2.45) is 4.99 Å². The van der Waals surface area contributed by atoms with Crippen molar-refractivity contribution < 1.29 is 9.47 Å². The van der Waals surface area contributed by atoms with Crippen molar-refractivity contribution in [1.82, 2.24) is 15.5 Å². The summed E-state index contributed by atoms with van der Waals surface area (Å²) in [6, 6.07) is 6.89. The lowest BCUT2D eigenvalue weighted by atomic mass is 10.1. The van der Waals surface area contributed by atoms with Gasteiger partial charge in [-0.25, -0.2) is 0 Å². The molecule has 0 unspecified atom stereocenters. The zero-order valence-corrected chi connectivity index (χ0v) is 18.8. The predicted octanol–water partition coefficient (Wildman–Crippen LogP) is 3.01.